The highest BCUT2D eigenvalue weighted by atomic mass is 15.3. The smallest absolute Gasteiger partial charge is 0.0492 e. The standard InChI is InChI=1S/C16H24N4/c1-3-11-20(12-9-15-8-10-18-19(15)2)13-14-6-4-5-7-16(14)17/h4-8,10H,3,9,11-13,17H2,1-2H3. The van der Waals surface area contributed by atoms with E-state index in [2.05, 4.69) is 35.1 Å². The minimum absolute atomic E-state index is 0.883. The van der Waals surface area contributed by atoms with Crippen LogP contribution in [0.2, 0.25) is 0 Å². The predicted molar refractivity (Wildman–Crippen MR) is 83.3 cm³/mol. The lowest BCUT2D eigenvalue weighted by Gasteiger charge is -2.22. The van der Waals surface area contributed by atoms with Crippen LogP contribution in [-0.2, 0) is 20.0 Å². The average molecular weight is 272 g/mol. The molecule has 0 atom stereocenters. The monoisotopic (exact) mass is 272 g/mol. The molecule has 0 bridgehead atoms. The number of nitrogens with zero attached hydrogens (tertiary/aromatic N) is 3. The van der Waals surface area contributed by atoms with Crippen molar-refractivity contribution in [2.24, 2.45) is 7.05 Å². The van der Waals surface area contributed by atoms with E-state index >= 15 is 0 Å². The van der Waals surface area contributed by atoms with Gasteiger partial charge in [-0.25, -0.2) is 0 Å². The van der Waals surface area contributed by atoms with Crippen LogP contribution in [0.15, 0.2) is 36.5 Å². The van der Waals surface area contributed by atoms with Crippen LogP contribution in [0, 0.1) is 0 Å². The number of hydrogen-bond donors (Lipinski definition) is 1. The van der Waals surface area contributed by atoms with Gasteiger partial charge in [0.05, 0.1) is 0 Å². The second-order valence-electron chi connectivity index (χ2n) is 5.17. The minimum atomic E-state index is 0.883. The van der Waals surface area contributed by atoms with Crippen LogP contribution in [0.25, 0.3) is 0 Å². The molecule has 20 heavy (non-hydrogen) atoms. The summed E-state index contributed by atoms with van der Waals surface area (Å²) in [6.45, 7) is 5.25. The number of aryl methyl sites for hydroxylation is 1. The normalized spacial score (nSPS) is 11.2. The summed E-state index contributed by atoms with van der Waals surface area (Å²) in [6.07, 6.45) is 4.02. The highest BCUT2D eigenvalue weighted by Crippen LogP contribution is 2.14. The number of anilines is 1. The van der Waals surface area contributed by atoms with Crippen molar-refractivity contribution >= 4 is 5.69 Å². The Morgan fingerprint density at radius 1 is 1.20 bits per heavy atom. The Morgan fingerprint density at radius 3 is 2.65 bits per heavy atom. The number of nitrogen functional groups attached to an aromatic ring is 1. The van der Waals surface area contributed by atoms with Gasteiger partial charge in [-0.2, -0.15) is 5.10 Å². The maximum Gasteiger partial charge on any atom is 0.0492 e. The summed E-state index contributed by atoms with van der Waals surface area (Å²) in [4.78, 5) is 2.46. The molecular weight excluding hydrogens is 248 g/mol. The molecule has 0 radical (unpaired) electrons. The quantitative estimate of drug-likeness (QED) is 0.788. The lowest BCUT2D eigenvalue weighted by atomic mass is 10.1. The van der Waals surface area contributed by atoms with Crippen molar-refractivity contribution in [1.29, 1.82) is 0 Å². The van der Waals surface area contributed by atoms with Crippen molar-refractivity contribution in [2.45, 2.75) is 26.3 Å². The lowest BCUT2D eigenvalue weighted by Crippen LogP contribution is -2.27. The van der Waals surface area contributed by atoms with Gasteiger partial charge in [0.1, 0.15) is 0 Å². The third kappa shape index (κ3) is 3.84. The Kier molecular flexibility index (Phi) is 5.18. The fourth-order valence-electron chi connectivity index (χ4n) is 2.42. The van der Waals surface area contributed by atoms with Gasteiger partial charge in [-0.15, -0.1) is 0 Å². The van der Waals surface area contributed by atoms with Gasteiger partial charge < -0.3 is 5.73 Å². The molecule has 0 fully saturated rings. The molecule has 1 heterocycles. The highest BCUT2D eigenvalue weighted by Gasteiger charge is 2.08. The third-order valence-electron chi connectivity index (χ3n) is 3.60. The van der Waals surface area contributed by atoms with E-state index in [4.69, 9.17) is 5.73 Å². The number of benzene rings is 1. The van der Waals surface area contributed by atoms with E-state index in [1.165, 1.54) is 11.3 Å². The van der Waals surface area contributed by atoms with Crippen LogP contribution < -0.4 is 5.73 Å². The highest BCUT2D eigenvalue weighted by molar-refractivity contribution is 5.46. The summed E-state index contributed by atoms with van der Waals surface area (Å²) < 4.78 is 1.95. The van der Waals surface area contributed by atoms with E-state index in [9.17, 15) is 0 Å². The predicted octanol–water partition coefficient (Wildman–Crippen LogP) is 2.46. The Morgan fingerprint density at radius 2 is 2.00 bits per heavy atom. The second kappa shape index (κ2) is 7.10. The van der Waals surface area contributed by atoms with Crippen molar-refractivity contribution in [2.75, 3.05) is 18.8 Å². The Labute approximate surface area is 121 Å². The molecule has 0 aliphatic carbocycles. The average Bonchev–Trinajstić information content (AvgIpc) is 2.84. The van der Waals surface area contributed by atoms with E-state index < -0.39 is 0 Å². The summed E-state index contributed by atoms with van der Waals surface area (Å²) in [7, 11) is 1.99. The molecule has 0 spiro atoms. The van der Waals surface area contributed by atoms with Gasteiger partial charge in [-0.3, -0.25) is 9.58 Å². The van der Waals surface area contributed by atoms with Crippen molar-refractivity contribution in [3.8, 4) is 0 Å². The van der Waals surface area contributed by atoms with E-state index in [0.717, 1.165) is 38.2 Å². The van der Waals surface area contributed by atoms with Crippen LogP contribution in [-0.4, -0.2) is 27.8 Å². The maximum absolute atomic E-state index is 6.04. The van der Waals surface area contributed by atoms with Crippen molar-refractivity contribution in [3.63, 3.8) is 0 Å². The molecule has 0 unspecified atom stereocenters. The first kappa shape index (κ1) is 14.6. The van der Waals surface area contributed by atoms with E-state index in [1.807, 2.05) is 30.1 Å². The molecule has 4 nitrogen and oxygen atoms in total. The van der Waals surface area contributed by atoms with Gasteiger partial charge in [-0.05, 0) is 30.7 Å². The molecule has 0 saturated carbocycles. The first-order valence-electron chi connectivity index (χ1n) is 7.23. The van der Waals surface area contributed by atoms with Gasteiger partial charge in [-0.1, -0.05) is 25.1 Å². The van der Waals surface area contributed by atoms with Gasteiger partial charge in [0.25, 0.3) is 0 Å². The van der Waals surface area contributed by atoms with E-state index in [0.29, 0.717) is 0 Å². The Bertz CT molecular complexity index is 533. The van der Waals surface area contributed by atoms with Crippen molar-refractivity contribution in [3.05, 3.63) is 47.8 Å². The molecule has 0 amide bonds. The van der Waals surface area contributed by atoms with E-state index in [-0.39, 0.29) is 0 Å². The maximum atomic E-state index is 6.04. The van der Waals surface area contributed by atoms with Crippen LogP contribution in [0.1, 0.15) is 24.6 Å². The number of rotatable bonds is 7. The molecule has 0 aliphatic heterocycles. The summed E-state index contributed by atoms with van der Waals surface area (Å²) in [6, 6.07) is 10.2. The summed E-state index contributed by atoms with van der Waals surface area (Å²) in [5, 5.41) is 4.22. The molecule has 4 heteroatoms. The van der Waals surface area contributed by atoms with Crippen LogP contribution in [0.3, 0.4) is 0 Å². The van der Waals surface area contributed by atoms with Gasteiger partial charge >= 0.3 is 0 Å². The van der Waals surface area contributed by atoms with Crippen LogP contribution in [0.5, 0.6) is 0 Å². The summed E-state index contributed by atoms with van der Waals surface area (Å²) in [5.41, 5.74) is 9.41. The lowest BCUT2D eigenvalue weighted by molar-refractivity contribution is 0.268. The SMILES string of the molecule is CCCN(CCc1ccnn1C)Cc1ccccc1N. The first-order valence-corrected chi connectivity index (χ1v) is 7.23. The zero-order valence-electron chi connectivity index (χ0n) is 12.4. The first-order chi connectivity index (χ1) is 9.70. The Balaban J connectivity index is 1.97. The minimum Gasteiger partial charge on any atom is -0.398 e. The van der Waals surface area contributed by atoms with Gasteiger partial charge in [0, 0.05) is 44.1 Å². The molecule has 0 saturated heterocycles. The van der Waals surface area contributed by atoms with Crippen LogP contribution >= 0.6 is 0 Å². The van der Waals surface area contributed by atoms with E-state index in [1.54, 1.807) is 0 Å². The summed E-state index contributed by atoms with van der Waals surface area (Å²) in [5.74, 6) is 0. The molecule has 108 valence electrons. The second-order valence-corrected chi connectivity index (χ2v) is 5.17. The number of hydrogen-bond acceptors (Lipinski definition) is 3. The van der Waals surface area contributed by atoms with Crippen molar-refractivity contribution in [1.82, 2.24) is 14.7 Å². The molecule has 1 aromatic carbocycles. The van der Waals surface area contributed by atoms with Crippen molar-refractivity contribution < 1.29 is 0 Å². The molecule has 2 aromatic rings. The van der Waals surface area contributed by atoms with Gasteiger partial charge in [0.2, 0.25) is 0 Å². The van der Waals surface area contributed by atoms with Crippen LogP contribution in [0.4, 0.5) is 5.69 Å². The van der Waals surface area contributed by atoms with Gasteiger partial charge in [0.15, 0.2) is 0 Å². The zero-order chi connectivity index (χ0) is 14.4. The zero-order valence-corrected chi connectivity index (χ0v) is 12.4. The molecule has 2 rings (SSSR count). The molecule has 1 aromatic heterocycles. The molecule has 0 aliphatic rings. The largest absolute Gasteiger partial charge is 0.398 e. The number of nitrogens with two attached hydrogens (primary N) is 1. The summed E-state index contributed by atoms with van der Waals surface area (Å²) >= 11 is 0. The fraction of sp³-hybridized carbons (Fsp3) is 0.438. The topological polar surface area (TPSA) is 47.1 Å². The fourth-order valence-corrected chi connectivity index (χ4v) is 2.42. The third-order valence-corrected chi connectivity index (χ3v) is 3.60. The number of para-hydroxylation sites is 1. The number of aromatic nitrogens is 2. The molecular formula is C16H24N4. The molecule has 2 N–H and O–H groups in total. The Hall–Kier alpha value is -1.81.